The van der Waals surface area contributed by atoms with Crippen LogP contribution in [0.5, 0.6) is 0 Å². The van der Waals surface area contributed by atoms with E-state index in [4.69, 9.17) is 5.73 Å². The van der Waals surface area contributed by atoms with Gasteiger partial charge in [0.15, 0.2) is 5.96 Å². The van der Waals surface area contributed by atoms with Gasteiger partial charge in [0.1, 0.15) is 0 Å². The SMILES string of the molecule is Cc1cc(C)cc(NC(N)=NCc2cccc(NC(=O)C3CCCC3)c2)c1. The van der Waals surface area contributed by atoms with E-state index in [1.54, 1.807) is 0 Å². The van der Waals surface area contributed by atoms with Gasteiger partial charge in [-0.3, -0.25) is 4.79 Å². The molecule has 3 rings (SSSR count). The van der Waals surface area contributed by atoms with Crippen molar-refractivity contribution in [3.8, 4) is 0 Å². The Morgan fingerprint density at radius 1 is 1.04 bits per heavy atom. The zero-order chi connectivity index (χ0) is 19.2. The van der Waals surface area contributed by atoms with Crippen molar-refractivity contribution >= 4 is 23.2 Å². The fourth-order valence-corrected chi connectivity index (χ4v) is 3.59. The third kappa shape index (κ3) is 5.58. The second-order valence-corrected chi connectivity index (χ2v) is 7.37. The quantitative estimate of drug-likeness (QED) is 0.545. The number of guanidine groups is 1. The first-order valence-electron chi connectivity index (χ1n) is 9.54. The Hall–Kier alpha value is -2.82. The first-order valence-corrected chi connectivity index (χ1v) is 9.54. The summed E-state index contributed by atoms with van der Waals surface area (Å²) in [5, 5.41) is 6.17. The Balaban J connectivity index is 1.59. The number of hydrogen-bond donors (Lipinski definition) is 3. The van der Waals surface area contributed by atoms with Gasteiger partial charge >= 0.3 is 0 Å². The van der Waals surface area contributed by atoms with Gasteiger partial charge in [-0.1, -0.05) is 31.0 Å². The lowest BCUT2D eigenvalue weighted by molar-refractivity contribution is -0.119. The third-order valence-corrected chi connectivity index (χ3v) is 4.85. The zero-order valence-corrected chi connectivity index (χ0v) is 16.1. The normalized spacial score (nSPS) is 15.0. The Kier molecular flexibility index (Phi) is 6.12. The van der Waals surface area contributed by atoms with Crippen molar-refractivity contribution in [2.45, 2.75) is 46.1 Å². The molecule has 1 fully saturated rings. The Morgan fingerprint density at radius 2 is 1.74 bits per heavy atom. The van der Waals surface area contributed by atoms with E-state index < -0.39 is 0 Å². The molecule has 2 aromatic rings. The van der Waals surface area contributed by atoms with Crippen molar-refractivity contribution in [1.29, 1.82) is 0 Å². The molecule has 0 heterocycles. The van der Waals surface area contributed by atoms with E-state index in [1.165, 1.54) is 11.1 Å². The number of benzene rings is 2. The molecule has 0 aliphatic heterocycles. The van der Waals surface area contributed by atoms with Crippen LogP contribution in [0.25, 0.3) is 0 Å². The predicted octanol–water partition coefficient (Wildman–Crippen LogP) is 4.36. The molecule has 27 heavy (non-hydrogen) atoms. The molecule has 1 amide bonds. The van der Waals surface area contributed by atoms with Gasteiger partial charge < -0.3 is 16.4 Å². The summed E-state index contributed by atoms with van der Waals surface area (Å²) in [5.41, 5.74) is 11.1. The highest BCUT2D eigenvalue weighted by molar-refractivity contribution is 5.93. The minimum absolute atomic E-state index is 0.129. The molecule has 0 spiro atoms. The molecule has 0 aromatic heterocycles. The highest BCUT2D eigenvalue weighted by Crippen LogP contribution is 2.26. The summed E-state index contributed by atoms with van der Waals surface area (Å²) >= 11 is 0. The maximum atomic E-state index is 12.3. The number of amides is 1. The van der Waals surface area contributed by atoms with Gasteiger partial charge in [-0.2, -0.15) is 0 Å². The number of aryl methyl sites for hydroxylation is 2. The van der Waals surface area contributed by atoms with Gasteiger partial charge in [0.2, 0.25) is 5.91 Å². The molecule has 142 valence electrons. The molecule has 1 aliphatic rings. The molecule has 1 aliphatic carbocycles. The highest BCUT2D eigenvalue weighted by Gasteiger charge is 2.22. The second-order valence-electron chi connectivity index (χ2n) is 7.37. The van der Waals surface area contributed by atoms with Crippen molar-refractivity contribution in [3.63, 3.8) is 0 Å². The minimum atomic E-state index is 0.129. The topological polar surface area (TPSA) is 79.5 Å². The number of nitrogens with one attached hydrogen (secondary N) is 2. The Morgan fingerprint density at radius 3 is 2.44 bits per heavy atom. The van der Waals surface area contributed by atoms with E-state index in [-0.39, 0.29) is 11.8 Å². The standard InChI is InChI=1S/C22H28N4O/c1-15-10-16(2)12-20(11-15)26-22(23)24-14-17-6-5-9-19(13-17)25-21(27)18-7-3-4-8-18/h5-6,9-13,18H,3-4,7-8,14H2,1-2H3,(H,25,27)(H3,23,24,26). The van der Waals surface area contributed by atoms with Crippen molar-refractivity contribution < 1.29 is 4.79 Å². The van der Waals surface area contributed by atoms with Crippen molar-refractivity contribution in [3.05, 3.63) is 59.2 Å². The molecule has 0 saturated heterocycles. The van der Waals surface area contributed by atoms with Gasteiger partial charge in [0.05, 0.1) is 6.54 Å². The number of rotatable bonds is 5. The molecule has 2 aromatic carbocycles. The fraction of sp³-hybridized carbons (Fsp3) is 0.364. The van der Waals surface area contributed by atoms with E-state index in [1.807, 2.05) is 36.4 Å². The fourth-order valence-electron chi connectivity index (χ4n) is 3.59. The molecule has 0 radical (unpaired) electrons. The van der Waals surface area contributed by atoms with Crippen LogP contribution in [0, 0.1) is 19.8 Å². The van der Waals surface area contributed by atoms with E-state index in [0.717, 1.165) is 42.6 Å². The number of nitrogens with zero attached hydrogens (tertiary/aromatic N) is 1. The molecule has 1 saturated carbocycles. The minimum Gasteiger partial charge on any atom is -0.370 e. The van der Waals surface area contributed by atoms with E-state index in [9.17, 15) is 4.79 Å². The summed E-state index contributed by atoms with van der Waals surface area (Å²) < 4.78 is 0. The number of anilines is 2. The lowest BCUT2D eigenvalue weighted by atomic mass is 10.1. The van der Waals surface area contributed by atoms with Crippen LogP contribution in [0.3, 0.4) is 0 Å². The Bertz CT molecular complexity index is 818. The van der Waals surface area contributed by atoms with Crippen molar-refractivity contribution in [2.75, 3.05) is 10.6 Å². The van der Waals surface area contributed by atoms with E-state index in [0.29, 0.717) is 12.5 Å². The van der Waals surface area contributed by atoms with E-state index in [2.05, 4.69) is 35.5 Å². The number of hydrogen-bond acceptors (Lipinski definition) is 2. The molecule has 0 bridgehead atoms. The number of carbonyl (C=O) groups is 1. The van der Waals surface area contributed by atoms with Crippen LogP contribution < -0.4 is 16.4 Å². The number of carbonyl (C=O) groups excluding carboxylic acids is 1. The van der Waals surface area contributed by atoms with E-state index >= 15 is 0 Å². The lowest BCUT2D eigenvalue weighted by Gasteiger charge is -2.11. The Labute approximate surface area is 161 Å². The molecular weight excluding hydrogens is 336 g/mol. The maximum Gasteiger partial charge on any atom is 0.227 e. The molecular formula is C22H28N4O. The van der Waals surface area contributed by atoms with Gasteiger partial charge in [-0.05, 0) is 67.6 Å². The summed E-state index contributed by atoms with van der Waals surface area (Å²) in [6, 6.07) is 14.0. The molecule has 4 N–H and O–H groups in total. The van der Waals surface area contributed by atoms with Crippen LogP contribution in [-0.4, -0.2) is 11.9 Å². The average molecular weight is 364 g/mol. The van der Waals surface area contributed by atoms with Gasteiger partial charge in [-0.25, -0.2) is 4.99 Å². The van der Waals surface area contributed by atoms with Crippen LogP contribution in [0.15, 0.2) is 47.5 Å². The van der Waals surface area contributed by atoms with Crippen LogP contribution in [0.1, 0.15) is 42.4 Å². The first-order chi connectivity index (χ1) is 13.0. The van der Waals surface area contributed by atoms with Crippen LogP contribution in [-0.2, 0) is 11.3 Å². The van der Waals surface area contributed by atoms with Crippen LogP contribution >= 0.6 is 0 Å². The summed E-state index contributed by atoms with van der Waals surface area (Å²) in [6.45, 7) is 4.56. The summed E-state index contributed by atoms with van der Waals surface area (Å²) in [6.07, 6.45) is 4.30. The predicted molar refractivity (Wildman–Crippen MR) is 112 cm³/mol. The largest absolute Gasteiger partial charge is 0.370 e. The molecule has 0 unspecified atom stereocenters. The van der Waals surface area contributed by atoms with Crippen molar-refractivity contribution in [1.82, 2.24) is 0 Å². The van der Waals surface area contributed by atoms with Crippen LogP contribution in [0.2, 0.25) is 0 Å². The smallest absolute Gasteiger partial charge is 0.227 e. The van der Waals surface area contributed by atoms with Gasteiger partial charge in [0, 0.05) is 17.3 Å². The molecule has 0 atom stereocenters. The van der Waals surface area contributed by atoms with Gasteiger partial charge in [-0.15, -0.1) is 0 Å². The monoisotopic (exact) mass is 364 g/mol. The highest BCUT2D eigenvalue weighted by atomic mass is 16.1. The van der Waals surface area contributed by atoms with Crippen LogP contribution in [0.4, 0.5) is 11.4 Å². The third-order valence-electron chi connectivity index (χ3n) is 4.85. The molecule has 5 nitrogen and oxygen atoms in total. The average Bonchev–Trinajstić information content (AvgIpc) is 3.14. The summed E-state index contributed by atoms with van der Waals surface area (Å²) in [7, 11) is 0. The second kappa shape index (κ2) is 8.71. The summed E-state index contributed by atoms with van der Waals surface area (Å²) in [5.74, 6) is 0.661. The first kappa shape index (κ1) is 19.0. The zero-order valence-electron chi connectivity index (χ0n) is 16.1. The number of aliphatic imine (C=N–C) groups is 1. The summed E-state index contributed by atoms with van der Waals surface area (Å²) in [4.78, 5) is 16.7. The van der Waals surface area contributed by atoms with Gasteiger partial charge in [0.25, 0.3) is 0 Å². The van der Waals surface area contributed by atoms with Crippen molar-refractivity contribution in [2.24, 2.45) is 16.6 Å². The number of nitrogens with two attached hydrogens (primary N) is 1. The maximum absolute atomic E-state index is 12.3. The molecule has 5 heteroatoms. The lowest BCUT2D eigenvalue weighted by Crippen LogP contribution is -2.22.